The van der Waals surface area contributed by atoms with Crippen molar-refractivity contribution in [3.05, 3.63) is 63.6 Å². The molecule has 24 heavy (non-hydrogen) atoms. The minimum Gasteiger partial charge on any atom is -0.350 e. The zero-order valence-corrected chi connectivity index (χ0v) is 15.0. The molecule has 0 aliphatic rings. The Morgan fingerprint density at radius 1 is 1.12 bits per heavy atom. The Labute approximate surface area is 151 Å². The fraction of sp³-hybridized carbons (Fsp3) is 0.222. The summed E-state index contributed by atoms with van der Waals surface area (Å²) in [4.78, 5) is 25.4. The van der Waals surface area contributed by atoms with Gasteiger partial charge < -0.3 is 10.2 Å². The van der Waals surface area contributed by atoms with Crippen molar-refractivity contribution in [2.24, 2.45) is 0 Å². The van der Waals surface area contributed by atoms with Crippen molar-refractivity contribution in [3.63, 3.8) is 0 Å². The van der Waals surface area contributed by atoms with E-state index < -0.39 is 0 Å². The number of halogens is 2. The van der Waals surface area contributed by atoms with E-state index in [0.29, 0.717) is 22.3 Å². The summed E-state index contributed by atoms with van der Waals surface area (Å²) in [6, 6.07) is 12.7. The van der Waals surface area contributed by atoms with Crippen molar-refractivity contribution < 1.29 is 9.59 Å². The molecule has 0 radical (unpaired) electrons. The minimum atomic E-state index is -0.287. The highest BCUT2D eigenvalue weighted by Gasteiger charge is 2.18. The highest BCUT2D eigenvalue weighted by molar-refractivity contribution is 6.35. The summed E-state index contributed by atoms with van der Waals surface area (Å²) in [6.45, 7) is 3.64. The predicted molar refractivity (Wildman–Crippen MR) is 97.5 cm³/mol. The van der Waals surface area contributed by atoms with Crippen LogP contribution in [0, 0.1) is 6.92 Å². The Morgan fingerprint density at radius 3 is 2.54 bits per heavy atom. The Balaban J connectivity index is 2.06. The van der Waals surface area contributed by atoms with Gasteiger partial charge in [-0.05, 0) is 30.7 Å². The van der Waals surface area contributed by atoms with Crippen molar-refractivity contribution in [1.82, 2.24) is 5.32 Å². The molecule has 6 heteroatoms. The van der Waals surface area contributed by atoms with Crippen LogP contribution in [0.4, 0.5) is 5.69 Å². The summed E-state index contributed by atoms with van der Waals surface area (Å²) in [5, 5.41) is 3.61. The highest BCUT2D eigenvalue weighted by Crippen LogP contribution is 2.29. The number of rotatable bonds is 5. The molecule has 0 aliphatic heterocycles. The van der Waals surface area contributed by atoms with Crippen LogP contribution in [0.5, 0.6) is 0 Å². The predicted octanol–water partition coefficient (Wildman–Crippen LogP) is 3.97. The lowest BCUT2D eigenvalue weighted by Crippen LogP contribution is -2.39. The molecule has 0 bridgehead atoms. The number of hydrogen-bond acceptors (Lipinski definition) is 2. The number of nitrogens with one attached hydrogen (secondary N) is 1. The number of anilines is 1. The van der Waals surface area contributed by atoms with E-state index in [-0.39, 0.29) is 18.4 Å². The van der Waals surface area contributed by atoms with E-state index in [9.17, 15) is 9.59 Å². The second kappa shape index (κ2) is 8.18. The molecule has 2 rings (SSSR count). The molecule has 0 heterocycles. The molecule has 0 unspecified atom stereocenters. The van der Waals surface area contributed by atoms with Crippen molar-refractivity contribution >= 4 is 40.7 Å². The molecule has 126 valence electrons. The Bertz CT molecular complexity index is 762. The van der Waals surface area contributed by atoms with Crippen LogP contribution in [0.3, 0.4) is 0 Å². The van der Waals surface area contributed by atoms with E-state index in [1.165, 1.54) is 11.8 Å². The first-order valence-electron chi connectivity index (χ1n) is 7.42. The van der Waals surface area contributed by atoms with Gasteiger partial charge in [0, 0.05) is 18.5 Å². The first-order valence-corrected chi connectivity index (χ1v) is 8.18. The maximum atomic E-state index is 12.2. The van der Waals surface area contributed by atoms with E-state index in [0.717, 1.165) is 11.1 Å². The zero-order chi connectivity index (χ0) is 17.7. The van der Waals surface area contributed by atoms with Crippen LogP contribution in [-0.2, 0) is 16.1 Å². The van der Waals surface area contributed by atoms with Gasteiger partial charge >= 0.3 is 0 Å². The molecule has 2 aromatic carbocycles. The fourth-order valence-corrected chi connectivity index (χ4v) is 2.67. The van der Waals surface area contributed by atoms with E-state index in [2.05, 4.69) is 5.32 Å². The quantitative estimate of drug-likeness (QED) is 0.872. The summed E-state index contributed by atoms with van der Waals surface area (Å²) in [5.74, 6) is -0.562. The van der Waals surface area contributed by atoms with Crippen molar-refractivity contribution in [2.45, 2.75) is 20.4 Å². The van der Waals surface area contributed by atoms with Crippen molar-refractivity contribution in [3.8, 4) is 0 Å². The largest absolute Gasteiger partial charge is 0.350 e. The third-order valence-electron chi connectivity index (χ3n) is 3.45. The van der Waals surface area contributed by atoms with Gasteiger partial charge in [0.05, 0.1) is 10.7 Å². The molecule has 1 N–H and O–H groups in total. The maximum Gasteiger partial charge on any atom is 0.240 e. The van der Waals surface area contributed by atoms with Gasteiger partial charge in [0.2, 0.25) is 11.8 Å². The lowest BCUT2D eigenvalue weighted by molar-refractivity contribution is -0.123. The van der Waals surface area contributed by atoms with Gasteiger partial charge in [-0.15, -0.1) is 0 Å². The van der Waals surface area contributed by atoms with Crippen LogP contribution in [-0.4, -0.2) is 18.4 Å². The average molecular weight is 365 g/mol. The third kappa shape index (κ3) is 4.98. The van der Waals surface area contributed by atoms with Crippen LogP contribution in [0.15, 0.2) is 42.5 Å². The number of carbonyl (C=O) groups is 2. The van der Waals surface area contributed by atoms with E-state index in [1.54, 1.807) is 18.2 Å². The van der Waals surface area contributed by atoms with Crippen LogP contribution in [0.25, 0.3) is 0 Å². The maximum absolute atomic E-state index is 12.2. The van der Waals surface area contributed by atoms with E-state index in [4.69, 9.17) is 23.2 Å². The van der Waals surface area contributed by atoms with E-state index in [1.807, 2.05) is 31.2 Å². The summed E-state index contributed by atoms with van der Waals surface area (Å²) in [6.07, 6.45) is 0. The molecule has 2 amide bonds. The number of nitrogens with zero attached hydrogens (tertiary/aromatic N) is 1. The fourth-order valence-electron chi connectivity index (χ4n) is 2.28. The second-order valence-corrected chi connectivity index (χ2v) is 6.31. The molecular formula is C18H18Cl2N2O2. The minimum absolute atomic E-state index is 0.124. The number of aryl methyl sites for hydroxylation is 1. The Morgan fingerprint density at radius 2 is 1.88 bits per heavy atom. The zero-order valence-electron chi connectivity index (χ0n) is 13.5. The second-order valence-electron chi connectivity index (χ2n) is 5.47. The van der Waals surface area contributed by atoms with Crippen molar-refractivity contribution in [1.29, 1.82) is 0 Å². The van der Waals surface area contributed by atoms with Crippen molar-refractivity contribution in [2.75, 3.05) is 11.4 Å². The molecule has 0 atom stereocenters. The number of hydrogen-bond donors (Lipinski definition) is 1. The lowest BCUT2D eigenvalue weighted by Gasteiger charge is -2.22. The Kier molecular flexibility index (Phi) is 6.23. The molecule has 0 saturated heterocycles. The molecule has 0 aliphatic carbocycles. The molecule has 0 saturated carbocycles. The van der Waals surface area contributed by atoms with Gasteiger partial charge in [-0.3, -0.25) is 9.59 Å². The first kappa shape index (κ1) is 18.3. The van der Waals surface area contributed by atoms with Gasteiger partial charge in [-0.2, -0.15) is 0 Å². The van der Waals surface area contributed by atoms with Gasteiger partial charge in [0.25, 0.3) is 0 Å². The molecule has 0 spiro atoms. The van der Waals surface area contributed by atoms with Gasteiger partial charge in [0.15, 0.2) is 0 Å². The van der Waals surface area contributed by atoms with Crippen LogP contribution in [0.1, 0.15) is 18.1 Å². The van der Waals surface area contributed by atoms with Gasteiger partial charge in [-0.1, -0.05) is 53.0 Å². The number of carbonyl (C=O) groups excluding carboxylic acids is 2. The van der Waals surface area contributed by atoms with Crippen LogP contribution >= 0.6 is 23.2 Å². The molecular weight excluding hydrogens is 347 g/mol. The van der Waals surface area contributed by atoms with Gasteiger partial charge in [0.1, 0.15) is 6.54 Å². The van der Waals surface area contributed by atoms with Crippen LogP contribution < -0.4 is 10.2 Å². The molecule has 4 nitrogen and oxygen atoms in total. The number of amides is 2. The van der Waals surface area contributed by atoms with E-state index >= 15 is 0 Å². The average Bonchev–Trinajstić information content (AvgIpc) is 2.53. The smallest absolute Gasteiger partial charge is 0.240 e. The normalized spacial score (nSPS) is 10.3. The molecule has 2 aromatic rings. The summed E-state index contributed by atoms with van der Waals surface area (Å²) < 4.78 is 0. The summed E-state index contributed by atoms with van der Waals surface area (Å²) >= 11 is 12.1. The molecule has 0 fully saturated rings. The number of benzene rings is 2. The standard InChI is InChI=1S/C18H18Cl2N2O2/c1-12-4-3-5-14(8-12)10-21-18(24)11-22(13(2)23)17-9-15(19)6-7-16(17)20/h3-9H,10-11H2,1-2H3,(H,21,24). The van der Waals surface area contributed by atoms with Crippen LogP contribution in [0.2, 0.25) is 10.0 Å². The summed E-state index contributed by atoms with van der Waals surface area (Å²) in [7, 11) is 0. The Hall–Kier alpha value is -2.04. The summed E-state index contributed by atoms with van der Waals surface area (Å²) in [5.41, 5.74) is 2.54. The highest BCUT2D eigenvalue weighted by atomic mass is 35.5. The first-order chi connectivity index (χ1) is 11.4. The van der Waals surface area contributed by atoms with Gasteiger partial charge in [-0.25, -0.2) is 0 Å². The monoisotopic (exact) mass is 364 g/mol. The topological polar surface area (TPSA) is 49.4 Å². The third-order valence-corrected chi connectivity index (χ3v) is 4.01. The lowest BCUT2D eigenvalue weighted by atomic mass is 10.1. The SMILES string of the molecule is CC(=O)N(CC(=O)NCc1cccc(C)c1)c1cc(Cl)ccc1Cl. The molecule has 0 aromatic heterocycles.